The van der Waals surface area contributed by atoms with Crippen LogP contribution < -0.4 is 14.8 Å². The van der Waals surface area contributed by atoms with Gasteiger partial charge in [0.15, 0.2) is 11.5 Å². The largest absolute Gasteiger partial charge is 0.490 e. The molecule has 4 nitrogen and oxygen atoms in total. The van der Waals surface area contributed by atoms with Crippen molar-refractivity contribution in [1.82, 2.24) is 10.3 Å². The lowest BCUT2D eigenvalue weighted by atomic mass is 10.1. The highest BCUT2D eigenvalue weighted by atomic mass is 32.1. The van der Waals surface area contributed by atoms with Gasteiger partial charge in [-0.1, -0.05) is 6.07 Å². The van der Waals surface area contributed by atoms with Crippen molar-refractivity contribution in [2.75, 3.05) is 20.3 Å². The van der Waals surface area contributed by atoms with E-state index in [1.807, 2.05) is 24.8 Å². The van der Waals surface area contributed by atoms with Crippen molar-refractivity contribution >= 4 is 11.3 Å². The second-order valence-electron chi connectivity index (χ2n) is 4.38. The molecule has 1 atom stereocenters. The van der Waals surface area contributed by atoms with Crippen molar-refractivity contribution in [3.63, 3.8) is 0 Å². The van der Waals surface area contributed by atoms with E-state index in [4.69, 9.17) is 9.47 Å². The number of ether oxygens (including phenoxy) is 2. The first-order valence-corrected chi connectivity index (χ1v) is 7.21. The molecule has 5 heteroatoms. The quantitative estimate of drug-likeness (QED) is 0.936. The first-order valence-electron chi connectivity index (χ1n) is 6.33. The molecular weight excluding hydrogens is 260 g/mol. The number of fused-ring (bicyclic) bond motifs is 1. The molecule has 19 heavy (non-hydrogen) atoms. The van der Waals surface area contributed by atoms with Crippen LogP contribution in [0.15, 0.2) is 29.9 Å². The van der Waals surface area contributed by atoms with Gasteiger partial charge in [0.1, 0.15) is 0 Å². The number of nitrogens with one attached hydrogen (secondary N) is 1. The smallest absolute Gasteiger partial charge is 0.161 e. The van der Waals surface area contributed by atoms with Crippen molar-refractivity contribution in [1.29, 1.82) is 0 Å². The van der Waals surface area contributed by atoms with Gasteiger partial charge in [0, 0.05) is 17.5 Å². The standard InChI is InChI=1S/C14H16N2O2S/c1-15-14(13-8-16-9-19-13)10-3-4-11-12(7-10)18-6-2-5-17-11/h3-4,7-9,14-15H,2,5-6H2,1H3. The molecule has 0 saturated carbocycles. The number of nitrogens with zero attached hydrogens (tertiary/aromatic N) is 1. The van der Waals surface area contributed by atoms with Crippen molar-refractivity contribution in [2.45, 2.75) is 12.5 Å². The lowest BCUT2D eigenvalue weighted by molar-refractivity contribution is 0.297. The fourth-order valence-corrected chi connectivity index (χ4v) is 2.96. The molecule has 2 heterocycles. The summed E-state index contributed by atoms with van der Waals surface area (Å²) in [6.45, 7) is 1.43. The molecule has 0 radical (unpaired) electrons. The van der Waals surface area contributed by atoms with E-state index in [2.05, 4.69) is 22.4 Å². The maximum atomic E-state index is 5.74. The molecular formula is C14H16N2O2S. The Morgan fingerprint density at radius 1 is 1.26 bits per heavy atom. The summed E-state index contributed by atoms with van der Waals surface area (Å²) in [5, 5.41) is 3.32. The lowest BCUT2D eigenvalue weighted by Crippen LogP contribution is -2.16. The Morgan fingerprint density at radius 3 is 2.84 bits per heavy atom. The zero-order chi connectivity index (χ0) is 13.1. The van der Waals surface area contributed by atoms with Gasteiger partial charge in [0.2, 0.25) is 0 Å². The molecule has 2 aromatic rings. The fraction of sp³-hybridized carbons (Fsp3) is 0.357. The number of aromatic nitrogens is 1. The third-order valence-electron chi connectivity index (χ3n) is 3.13. The zero-order valence-corrected chi connectivity index (χ0v) is 11.6. The molecule has 1 aliphatic heterocycles. The summed E-state index contributed by atoms with van der Waals surface area (Å²) in [4.78, 5) is 5.33. The van der Waals surface area contributed by atoms with Crippen LogP contribution in [-0.2, 0) is 0 Å². The SMILES string of the molecule is CNC(c1ccc2c(c1)OCCCO2)c1cncs1. The highest BCUT2D eigenvalue weighted by Gasteiger charge is 2.17. The average molecular weight is 276 g/mol. The van der Waals surface area contributed by atoms with Crippen LogP contribution in [0.5, 0.6) is 11.5 Å². The molecule has 0 amide bonds. The molecule has 1 aromatic heterocycles. The van der Waals surface area contributed by atoms with Crippen LogP contribution in [0.4, 0.5) is 0 Å². The molecule has 0 bridgehead atoms. The van der Waals surface area contributed by atoms with E-state index in [0.717, 1.165) is 30.1 Å². The number of hydrogen-bond acceptors (Lipinski definition) is 5. The van der Waals surface area contributed by atoms with Crippen molar-refractivity contribution < 1.29 is 9.47 Å². The van der Waals surface area contributed by atoms with E-state index >= 15 is 0 Å². The summed E-state index contributed by atoms with van der Waals surface area (Å²) < 4.78 is 11.4. The Bertz CT molecular complexity index is 542. The number of rotatable bonds is 3. The number of hydrogen-bond donors (Lipinski definition) is 1. The predicted molar refractivity (Wildman–Crippen MR) is 75.1 cm³/mol. The highest BCUT2D eigenvalue weighted by Crippen LogP contribution is 2.34. The molecule has 1 unspecified atom stereocenters. The first kappa shape index (κ1) is 12.4. The summed E-state index contributed by atoms with van der Waals surface area (Å²) in [5.41, 5.74) is 3.01. The fourth-order valence-electron chi connectivity index (χ4n) is 2.20. The average Bonchev–Trinajstić information content (AvgIpc) is 2.85. The van der Waals surface area contributed by atoms with Gasteiger partial charge in [-0.05, 0) is 24.7 Å². The molecule has 1 aromatic carbocycles. The lowest BCUT2D eigenvalue weighted by Gasteiger charge is -2.16. The molecule has 1 N–H and O–H groups in total. The van der Waals surface area contributed by atoms with E-state index in [0.29, 0.717) is 6.61 Å². The van der Waals surface area contributed by atoms with Gasteiger partial charge in [-0.25, -0.2) is 0 Å². The maximum absolute atomic E-state index is 5.74. The first-order chi connectivity index (χ1) is 9.38. The van der Waals surface area contributed by atoms with Crippen molar-refractivity contribution in [3.05, 3.63) is 40.3 Å². The minimum Gasteiger partial charge on any atom is -0.490 e. The summed E-state index contributed by atoms with van der Waals surface area (Å²) in [6, 6.07) is 6.27. The van der Waals surface area contributed by atoms with Gasteiger partial charge in [0.25, 0.3) is 0 Å². The Hall–Kier alpha value is -1.59. The Balaban J connectivity index is 1.94. The summed E-state index contributed by atoms with van der Waals surface area (Å²) in [5.74, 6) is 1.67. The monoisotopic (exact) mass is 276 g/mol. The van der Waals surface area contributed by atoms with E-state index in [-0.39, 0.29) is 6.04 Å². The molecule has 0 spiro atoms. The minimum absolute atomic E-state index is 0.143. The number of thiazole rings is 1. The van der Waals surface area contributed by atoms with Crippen LogP contribution in [0.25, 0.3) is 0 Å². The van der Waals surface area contributed by atoms with Gasteiger partial charge in [-0.15, -0.1) is 11.3 Å². The number of benzene rings is 1. The van der Waals surface area contributed by atoms with E-state index < -0.39 is 0 Å². The molecule has 0 saturated heterocycles. The second-order valence-corrected chi connectivity index (χ2v) is 5.30. The molecule has 0 aliphatic carbocycles. The van der Waals surface area contributed by atoms with Gasteiger partial charge in [-0.2, -0.15) is 0 Å². The summed E-state index contributed by atoms with van der Waals surface area (Å²) in [6.07, 6.45) is 2.82. The minimum atomic E-state index is 0.143. The highest BCUT2D eigenvalue weighted by molar-refractivity contribution is 7.09. The van der Waals surface area contributed by atoms with Crippen molar-refractivity contribution in [2.24, 2.45) is 0 Å². The van der Waals surface area contributed by atoms with Crippen LogP contribution in [0.3, 0.4) is 0 Å². The summed E-state index contributed by atoms with van der Waals surface area (Å²) in [7, 11) is 1.95. The maximum Gasteiger partial charge on any atom is 0.161 e. The van der Waals surface area contributed by atoms with E-state index in [1.54, 1.807) is 11.3 Å². The third-order valence-corrected chi connectivity index (χ3v) is 3.97. The van der Waals surface area contributed by atoms with E-state index in [1.165, 1.54) is 4.88 Å². The Morgan fingerprint density at radius 2 is 2.11 bits per heavy atom. The van der Waals surface area contributed by atoms with Gasteiger partial charge in [0.05, 0.1) is 24.8 Å². The Labute approximate surface area is 116 Å². The third kappa shape index (κ3) is 2.57. The van der Waals surface area contributed by atoms with Crippen LogP contribution in [-0.4, -0.2) is 25.2 Å². The van der Waals surface area contributed by atoms with Crippen molar-refractivity contribution in [3.8, 4) is 11.5 Å². The van der Waals surface area contributed by atoms with E-state index in [9.17, 15) is 0 Å². The summed E-state index contributed by atoms with van der Waals surface area (Å²) >= 11 is 1.65. The molecule has 3 rings (SSSR count). The Kier molecular flexibility index (Phi) is 3.66. The van der Waals surface area contributed by atoms with Crippen LogP contribution in [0.1, 0.15) is 22.9 Å². The van der Waals surface area contributed by atoms with Crippen LogP contribution in [0, 0.1) is 0 Å². The molecule has 1 aliphatic rings. The second kappa shape index (κ2) is 5.59. The molecule has 0 fully saturated rings. The van der Waals surface area contributed by atoms with Crippen LogP contribution in [0.2, 0.25) is 0 Å². The predicted octanol–water partition coefficient (Wildman–Crippen LogP) is 2.61. The molecule has 100 valence electrons. The zero-order valence-electron chi connectivity index (χ0n) is 10.8. The van der Waals surface area contributed by atoms with Crippen LogP contribution >= 0.6 is 11.3 Å². The topological polar surface area (TPSA) is 43.4 Å². The van der Waals surface area contributed by atoms with Gasteiger partial charge >= 0.3 is 0 Å². The van der Waals surface area contributed by atoms with Gasteiger partial charge < -0.3 is 14.8 Å². The van der Waals surface area contributed by atoms with Gasteiger partial charge in [-0.3, -0.25) is 4.98 Å². The normalized spacial score (nSPS) is 15.8.